The zero-order valence-electron chi connectivity index (χ0n) is 21.7. The minimum absolute atomic E-state index is 0.0659. The number of anilines is 2. The van der Waals surface area contributed by atoms with Gasteiger partial charge in [-0.2, -0.15) is 5.26 Å². The van der Waals surface area contributed by atoms with Crippen molar-refractivity contribution in [1.82, 2.24) is 9.88 Å². The zero-order chi connectivity index (χ0) is 27.0. The molecule has 0 saturated carbocycles. The van der Waals surface area contributed by atoms with Gasteiger partial charge in [0.15, 0.2) is 23.0 Å². The van der Waals surface area contributed by atoms with Crippen LogP contribution in [-0.4, -0.2) is 61.6 Å². The molecule has 0 aliphatic carbocycles. The number of hydrogen-bond donors (Lipinski definition) is 2. The van der Waals surface area contributed by atoms with Crippen molar-refractivity contribution in [1.29, 1.82) is 5.26 Å². The molecule has 3 aromatic carbocycles. The van der Waals surface area contributed by atoms with Crippen LogP contribution in [0.1, 0.15) is 12.0 Å². The third-order valence-corrected chi connectivity index (χ3v) is 6.47. The van der Waals surface area contributed by atoms with E-state index in [9.17, 15) is 10.4 Å². The number of aromatic nitrogens is 1. The number of para-hydroxylation sites is 2. The summed E-state index contributed by atoms with van der Waals surface area (Å²) in [5, 5.41) is 23.9. The highest BCUT2D eigenvalue weighted by atomic mass is 16.5. The van der Waals surface area contributed by atoms with Crippen molar-refractivity contribution in [2.24, 2.45) is 0 Å². The van der Waals surface area contributed by atoms with Crippen LogP contribution in [0.5, 0.6) is 28.7 Å². The number of nitriles is 1. The third-order valence-electron chi connectivity index (χ3n) is 6.47. The van der Waals surface area contributed by atoms with Crippen LogP contribution in [0.25, 0.3) is 10.9 Å². The number of fused-ring (bicyclic) bond motifs is 1. The number of morpholine rings is 1. The molecule has 0 spiro atoms. The average Bonchev–Trinajstić information content (AvgIpc) is 2.98. The van der Waals surface area contributed by atoms with E-state index in [1.165, 1.54) is 0 Å². The largest absolute Gasteiger partial charge is 0.504 e. The van der Waals surface area contributed by atoms with E-state index >= 15 is 0 Å². The van der Waals surface area contributed by atoms with Gasteiger partial charge in [-0.25, -0.2) is 0 Å². The van der Waals surface area contributed by atoms with Gasteiger partial charge >= 0.3 is 0 Å². The Labute approximate surface area is 227 Å². The smallest absolute Gasteiger partial charge is 0.169 e. The fraction of sp³-hybridized carbons (Fsp3) is 0.267. The molecule has 9 heteroatoms. The molecule has 4 aromatic rings. The first-order chi connectivity index (χ1) is 19.1. The van der Waals surface area contributed by atoms with Gasteiger partial charge in [-0.15, -0.1) is 0 Å². The van der Waals surface area contributed by atoms with Crippen LogP contribution in [0.15, 0.2) is 66.9 Å². The van der Waals surface area contributed by atoms with Crippen LogP contribution < -0.4 is 19.5 Å². The highest BCUT2D eigenvalue weighted by molar-refractivity contribution is 5.97. The van der Waals surface area contributed by atoms with Gasteiger partial charge in [0, 0.05) is 43.0 Å². The van der Waals surface area contributed by atoms with E-state index in [0.717, 1.165) is 50.3 Å². The van der Waals surface area contributed by atoms with Crippen molar-refractivity contribution in [2.45, 2.75) is 6.42 Å². The van der Waals surface area contributed by atoms with Crippen molar-refractivity contribution < 1.29 is 24.1 Å². The minimum atomic E-state index is 0.0659. The Morgan fingerprint density at radius 3 is 2.59 bits per heavy atom. The van der Waals surface area contributed by atoms with E-state index in [0.29, 0.717) is 46.4 Å². The Hall–Kier alpha value is -4.52. The van der Waals surface area contributed by atoms with Gasteiger partial charge in [-0.3, -0.25) is 9.88 Å². The van der Waals surface area contributed by atoms with E-state index in [-0.39, 0.29) is 5.75 Å². The Kier molecular flexibility index (Phi) is 8.26. The summed E-state index contributed by atoms with van der Waals surface area (Å²) in [6.07, 6.45) is 2.42. The number of nitrogens with one attached hydrogen (secondary N) is 1. The molecule has 1 aromatic heterocycles. The number of nitrogens with zero attached hydrogens (tertiary/aromatic N) is 3. The molecule has 5 rings (SSSR count). The first kappa shape index (κ1) is 26.1. The van der Waals surface area contributed by atoms with E-state index in [2.05, 4.69) is 21.3 Å². The Balaban J connectivity index is 1.35. The lowest BCUT2D eigenvalue weighted by molar-refractivity contribution is 0.0357. The van der Waals surface area contributed by atoms with Gasteiger partial charge in [-0.1, -0.05) is 12.1 Å². The Morgan fingerprint density at radius 1 is 1.05 bits per heavy atom. The number of pyridine rings is 1. The molecule has 9 nitrogen and oxygen atoms in total. The van der Waals surface area contributed by atoms with E-state index < -0.39 is 0 Å². The molecule has 0 amide bonds. The molecule has 39 heavy (non-hydrogen) atoms. The number of ether oxygens (including phenoxy) is 4. The maximum absolute atomic E-state index is 9.97. The zero-order valence-corrected chi connectivity index (χ0v) is 21.7. The van der Waals surface area contributed by atoms with Gasteiger partial charge < -0.3 is 29.4 Å². The highest BCUT2D eigenvalue weighted by Crippen LogP contribution is 2.38. The minimum Gasteiger partial charge on any atom is -0.504 e. The molecule has 2 heterocycles. The molecule has 1 aliphatic rings. The summed E-state index contributed by atoms with van der Waals surface area (Å²) in [5.41, 5.74) is 2.46. The van der Waals surface area contributed by atoms with Crippen molar-refractivity contribution in [2.75, 3.05) is 51.9 Å². The molecule has 1 aliphatic heterocycles. The molecule has 1 fully saturated rings. The van der Waals surface area contributed by atoms with Crippen LogP contribution >= 0.6 is 0 Å². The topological polar surface area (TPSA) is 109 Å². The van der Waals surface area contributed by atoms with Crippen molar-refractivity contribution >= 4 is 22.3 Å². The summed E-state index contributed by atoms with van der Waals surface area (Å²) in [4.78, 5) is 6.84. The van der Waals surface area contributed by atoms with Crippen LogP contribution in [0.2, 0.25) is 0 Å². The number of phenols is 1. The first-order valence-electron chi connectivity index (χ1n) is 12.8. The predicted molar refractivity (Wildman–Crippen MR) is 148 cm³/mol. The van der Waals surface area contributed by atoms with Gasteiger partial charge in [0.2, 0.25) is 0 Å². The third kappa shape index (κ3) is 6.32. The van der Waals surface area contributed by atoms with Crippen LogP contribution in [0.4, 0.5) is 11.4 Å². The van der Waals surface area contributed by atoms with Crippen molar-refractivity contribution in [3.05, 3.63) is 72.4 Å². The van der Waals surface area contributed by atoms with Gasteiger partial charge in [0.05, 0.1) is 43.7 Å². The van der Waals surface area contributed by atoms with Crippen molar-refractivity contribution in [3.8, 4) is 34.8 Å². The highest BCUT2D eigenvalue weighted by Gasteiger charge is 2.16. The molecular weight excluding hydrogens is 496 g/mol. The van der Waals surface area contributed by atoms with Crippen LogP contribution in [-0.2, 0) is 4.74 Å². The second-order valence-corrected chi connectivity index (χ2v) is 9.05. The average molecular weight is 527 g/mol. The second kappa shape index (κ2) is 12.3. The number of phenolic OH excluding ortho intramolecular Hbond substituents is 1. The standard InChI is InChI=1S/C30H30N4O5/c1-36-28-18-25-24(17-29(28)38-14-4-11-34-12-15-37-16-13-34)30(21(19-31)20-32-25)33-22-7-9-23(10-8-22)39-27-6-3-2-5-26(27)35/h2-3,5-10,17-18,20,35H,4,11-16H2,1H3,(H,32,33). The molecule has 0 radical (unpaired) electrons. The number of aromatic hydroxyl groups is 1. The van der Waals surface area contributed by atoms with E-state index in [4.69, 9.17) is 18.9 Å². The van der Waals surface area contributed by atoms with Crippen LogP contribution in [0.3, 0.4) is 0 Å². The van der Waals surface area contributed by atoms with E-state index in [1.54, 1.807) is 49.7 Å². The molecule has 2 N–H and O–H groups in total. The lowest BCUT2D eigenvalue weighted by atomic mass is 10.1. The lowest BCUT2D eigenvalue weighted by Crippen LogP contribution is -2.37. The summed E-state index contributed by atoms with van der Waals surface area (Å²) in [6.45, 7) is 4.91. The summed E-state index contributed by atoms with van der Waals surface area (Å²) in [6, 6.07) is 20.0. The molecular formula is C30H30N4O5. The van der Waals surface area contributed by atoms with Gasteiger partial charge in [0.1, 0.15) is 11.8 Å². The fourth-order valence-electron chi connectivity index (χ4n) is 4.41. The number of hydrogen-bond acceptors (Lipinski definition) is 9. The van der Waals surface area contributed by atoms with Crippen LogP contribution in [0, 0.1) is 11.3 Å². The summed E-state index contributed by atoms with van der Waals surface area (Å²) >= 11 is 0. The lowest BCUT2D eigenvalue weighted by Gasteiger charge is -2.26. The number of rotatable bonds is 10. The monoisotopic (exact) mass is 526 g/mol. The number of benzene rings is 3. The van der Waals surface area contributed by atoms with E-state index in [1.807, 2.05) is 24.3 Å². The maximum atomic E-state index is 9.97. The first-order valence-corrected chi connectivity index (χ1v) is 12.8. The molecule has 0 atom stereocenters. The maximum Gasteiger partial charge on any atom is 0.169 e. The molecule has 1 saturated heterocycles. The quantitative estimate of drug-likeness (QED) is 0.260. The molecule has 200 valence electrons. The number of methoxy groups -OCH3 is 1. The summed E-state index contributed by atoms with van der Waals surface area (Å²) in [5.74, 6) is 2.19. The molecule has 0 unspecified atom stereocenters. The molecule has 0 bridgehead atoms. The normalized spacial score (nSPS) is 13.5. The Morgan fingerprint density at radius 2 is 1.85 bits per heavy atom. The fourth-order valence-corrected chi connectivity index (χ4v) is 4.41. The predicted octanol–water partition coefficient (Wildman–Crippen LogP) is 5.46. The van der Waals surface area contributed by atoms with Crippen molar-refractivity contribution in [3.63, 3.8) is 0 Å². The van der Waals surface area contributed by atoms with Gasteiger partial charge in [-0.05, 0) is 48.9 Å². The van der Waals surface area contributed by atoms with Gasteiger partial charge in [0.25, 0.3) is 0 Å². The summed E-state index contributed by atoms with van der Waals surface area (Å²) < 4.78 is 22.9. The summed E-state index contributed by atoms with van der Waals surface area (Å²) in [7, 11) is 1.60. The Bertz CT molecular complexity index is 1460. The second-order valence-electron chi connectivity index (χ2n) is 9.05. The SMILES string of the molecule is COc1cc2ncc(C#N)c(Nc3ccc(Oc4ccccc4O)cc3)c2cc1OCCCN1CCOCC1.